The van der Waals surface area contributed by atoms with E-state index in [1.807, 2.05) is 0 Å². The molecule has 1 aromatic rings. The van der Waals surface area contributed by atoms with Crippen LogP contribution in [-0.4, -0.2) is 44.8 Å². The van der Waals surface area contributed by atoms with E-state index in [9.17, 15) is 0 Å². The Morgan fingerprint density at radius 2 is 1.95 bits per heavy atom. The van der Waals surface area contributed by atoms with Gasteiger partial charge in [0.15, 0.2) is 0 Å². The molecule has 1 aromatic carbocycles. The zero-order chi connectivity index (χ0) is 15.7. The molecule has 1 unspecified atom stereocenters. The van der Waals surface area contributed by atoms with Crippen molar-refractivity contribution in [1.82, 2.24) is 10.2 Å². The normalized spacial score (nSPS) is 12.9. The van der Waals surface area contributed by atoms with Gasteiger partial charge in [-0.3, -0.25) is 4.90 Å². The van der Waals surface area contributed by atoms with Gasteiger partial charge in [0.2, 0.25) is 0 Å². The Morgan fingerprint density at radius 3 is 2.52 bits per heavy atom. The maximum atomic E-state index is 5.22. The number of ether oxygens (including phenoxy) is 1. The molecule has 3 heteroatoms. The molecule has 0 saturated carbocycles. The average Bonchev–Trinajstić information content (AvgIpc) is 2.49. The Hall–Kier alpha value is -0.900. The third kappa shape index (κ3) is 6.16. The van der Waals surface area contributed by atoms with E-state index in [2.05, 4.69) is 56.1 Å². The molecule has 0 saturated heterocycles. The van der Waals surface area contributed by atoms with Crippen molar-refractivity contribution in [2.45, 2.75) is 40.2 Å². The van der Waals surface area contributed by atoms with Gasteiger partial charge in [0.1, 0.15) is 0 Å². The van der Waals surface area contributed by atoms with Gasteiger partial charge in [-0.1, -0.05) is 32.0 Å². The molecule has 0 heterocycles. The second kappa shape index (κ2) is 9.93. The van der Waals surface area contributed by atoms with Gasteiger partial charge in [0, 0.05) is 26.2 Å². The summed E-state index contributed by atoms with van der Waals surface area (Å²) in [6.45, 7) is 13.7. The minimum absolute atomic E-state index is 0.390. The molecule has 21 heavy (non-hydrogen) atoms. The highest BCUT2D eigenvalue weighted by molar-refractivity contribution is 5.31. The zero-order valence-electron chi connectivity index (χ0n) is 14.4. The van der Waals surface area contributed by atoms with Gasteiger partial charge in [0.05, 0.1) is 6.61 Å². The van der Waals surface area contributed by atoms with E-state index in [1.54, 1.807) is 7.11 Å². The second-order valence-electron chi connectivity index (χ2n) is 5.74. The quantitative estimate of drug-likeness (QED) is 0.716. The van der Waals surface area contributed by atoms with Crippen LogP contribution in [0.3, 0.4) is 0 Å². The van der Waals surface area contributed by atoms with Crippen LogP contribution in [0, 0.1) is 13.8 Å². The highest BCUT2D eigenvalue weighted by Gasteiger charge is 2.15. The van der Waals surface area contributed by atoms with Gasteiger partial charge in [0.25, 0.3) is 0 Å². The van der Waals surface area contributed by atoms with E-state index >= 15 is 0 Å². The molecule has 0 aromatic heterocycles. The van der Waals surface area contributed by atoms with Crippen LogP contribution in [0.1, 0.15) is 43.0 Å². The number of hydrogen-bond donors (Lipinski definition) is 1. The molecule has 0 spiro atoms. The van der Waals surface area contributed by atoms with Gasteiger partial charge in [-0.2, -0.15) is 0 Å². The van der Waals surface area contributed by atoms with Crippen molar-refractivity contribution in [2.24, 2.45) is 0 Å². The van der Waals surface area contributed by atoms with Crippen molar-refractivity contribution < 1.29 is 4.74 Å². The van der Waals surface area contributed by atoms with Gasteiger partial charge in [-0.25, -0.2) is 0 Å². The van der Waals surface area contributed by atoms with Gasteiger partial charge in [-0.05, 0) is 50.0 Å². The van der Waals surface area contributed by atoms with E-state index in [1.165, 1.54) is 16.7 Å². The monoisotopic (exact) mass is 292 g/mol. The summed E-state index contributed by atoms with van der Waals surface area (Å²) >= 11 is 0. The number of methoxy groups -OCH3 is 1. The van der Waals surface area contributed by atoms with Crippen molar-refractivity contribution >= 4 is 0 Å². The fourth-order valence-electron chi connectivity index (χ4n) is 2.44. The van der Waals surface area contributed by atoms with Crippen LogP contribution >= 0.6 is 0 Å². The Labute approximate surface area is 130 Å². The summed E-state index contributed by atoms with van der Waals surface area (Å²) in [6, 6.07) is 7.21. The summed E-state index contributed by atoms with van der Waals surface area (Å²) in [5.41, 5.74) is 4.12. The van der Waals surface area contributed by atoms with E-state index in [0.717, 1.165) is 39.2 Å². The lowest BCUT2D eigenvalue weighted by Gasteiger charge is -2.28. The fourth-order valence-corrected chi connectivity index (χ4v) is 2.44. The highest BCUT2D eigenvalue weighted by atomic mass is 16.5. The molecule has 1 atom stereocenters. The summed E-state index contributed by atoms with van der Waals surface area (Å²) in [4.78, 5) is 2.45. The number of aryl methyl sites for hydroxylation is 2. The van der Waals surface area contributed by atoms with Crippen LogP contribution in [0.4, 0.5) is 0 Å². The maximum absolute atomic E-state index is 5.22. The molecule has 0 fully saturated rings. The first-order valence-electron chi connectivity index (χ1n) is 8.14. The lowest BCUT2D eigenvalue weighted by molar-refractivity contribution is 0.144. The van der Waals surface area contributed by atoms with Crippen LogP contribution < -0.4 is 5.32 Å². The number of likely N-dealkylation sites (N-methyl/N-ethyl adjacent to an activating group) is 1. The van der Waals surface area contributed by atoms with E-state index in [4.69, 9.17) is 4.74 Å². The topological polar surface area (TPSA) is 24.5 Å². The molecule has 0 bridgehead atoms. The standard InChI is InChI=1S/C18H32N2O/c1-6-10-19-18(14-20(7-2)11-12-21-5)17-9-8-15(3)16(4)13-17/h8-9,13,18-19H,6-7,10-12,14H2,1-5H3. The van der Waals surface area contributed by atoms with Crippen molar-refractivity contribution in [3.63, 3.8) is 0 Å². The number of nitrogens with zero attached hydrogens (tertiary/aromatic N) is 1. The van der Waals surface area contributed by atoms with Crippen LogP contribution in [0.5, 0.6) is 0 Å². The highest BCUT2D eigenvalue weighted by Crippen LogP contribution is 2.18. The summed E-state index contributed by atoms with van der Waals surface area (Å²) in [5, 5.41) is 3.69. The summed E-state index contributed by atoms with van der Waals surface area (Å²) < 4.78 is 5.22. The fraction of sp³-hybridized carbons (Fsp3) is 0.667. The Kier molecular flexibility index (Phi) is 8.58. The summed E-state index contributed by atoms with van der Waals surface area (Å²) in [7, 11) is 1.77. The van der Waals surface area contributed by atoms with E-state index in [0.29, 0.717) is 6.04 Å². The predicted molar refractivity (Wildman–Crippen MR) is 90.9 cm³/mol. The third-order valence-electron chi connectivity index (χ3n) is 4.07. The lowest BCUT2D eigenvalue weighted by atomic mass is 10.0. The molecule has 0 aliphatic carbocycles. The number of rotatable bonds is 10. The van der Waals surface area contributed by atoms with Gasteiger partial charge in [-0.15, -0.1) is 0 Å². The second-order valence-corrected chi connectivity index (χ2v) is 5.74. The number of benzene rings is 1. The molecule has 3 nitrogen and oxygen atoms in total. The third-order valence-corrected chi connectivity index (χ3v) is 4.07. The first kappa shape index (κ1) is 18.1. The van der Waals surface area contributed by atoms with Crippen LogP contribution in [0.25, 0.3) is 0 Å². The van der Waals surface area contributed by atoms with Crippen LogP contribution in [0.2, 0.25) is 0 Å². The molecule has 1 rings (SSSR count). The van der Waals surface area contributed by atoms with Crippen LogP contribution in [-0.2, 0) is 4.74 Å². The average molecular weight is 292 g/mol. The predicted octanol–water partition coefficient (Wildman–Crippen LogP) is 3.31. The largest absolute Gasteiger partial charge is 0.383 e. The van der Waals surface area contributed by atoms with Crippen molar-refractivity contribution in [3.05, 3.63) is 34.9 Å². The molecule has 0 radical (unpaired) electrons. The summed E-state index contributed by atoms with van der Waals surface area (Å²) in [6.07, 6.45) is 1.16. The number of nitrogens with one attached hydrogen (secondary N) is 1. The van der Waals surface area contributed by atoms with Crippen molar-refractivity contribution in [2.75, 3.05) is 39.9 Å². The SMILES string of the molecule is CCCNC(CN(CC)CCOC)c1ccc(C)c(C)c1. The van der Waals surface area contributed by atoms with Gasteiger partial charge < -0.3 is 10.1 Å². The lowest BCUT2D eigenvalue weighted by Crippen LogP contribution is -2.37. The molecule has 1 N–H and O–H groups in total. The molecule has 0 aliphatic heterocycles. The Balaban J connectivity index is 2.80. The molecular formula is C18H32N2O. The first-order valence-corrected chi connectivity index (χ1v) is 8.14. The van der Waals surface area contributed by atoms with Crippen molar-refractivity contribution in [3.8, 4) is 0 Å². The smallest absolute Gasteiger partial charge is 0.0589 e. The Morgan fingerprint density at radius 1 is 1.19 bits per heavy atom. The molecular weight excluding hydrogens is 260 g/mol. The van der Waals surface area contributed by atoms with Crippen molar-refractivity contribution in [1.29, 1.82) is 0 Å². The summed E-state index contributed by atoms with van der Waals surface area (Å²) in [5.74, 6) is 0. The van der Waals surface area contributed by atoms with E-state index < -0.39 is 0 Å². The van der Waals surface area contributed by atoms with E-state index in [-0.39, 0.29) is 0 Å². The minimum atomic E-state index is 0.390. The van der Waals surface area contributed by atoms with Gasteiger partial charge >= 0.3 is 0 Å². The minimum Gasteiger partial charge on any atom is -0.383 e. The zero-order valence-corrected chi connectivity index (χ0v) is 14.4. The molecule has 0 aliphatic rings. The molecule has 120 valence electrons. The first-order chi connectivity index (χ1) is 10.1. The number of hydrogen-bond acceptors (Lipinski definition) is 3. The molecule has 0 amide bonds. The maximum Gasteiger partial charge on any atom is 0.0589 e. The Bertz CT molecular complexity index is 406. The van der Waals surface area contributed by atoms with Crippen LogP contribution in [0.15, 0.2) is 18.2 Å².